The molecule has 0 aliphatic heterocycles. The van der Waals surface area contributed by atoms with Crippen LogP contribution < -0.4 is 16.0 Å². The van der Waals surface area contributed by atoms with Crippen molar-refractivity contribution in [3.63, 3.8) is 0 Å². The summed E-state index contributed by atoms with van der Waals surface area (Å²) in [5.74, 6) is -1.07. The average molecular weight is 412 g/mol. The molecular formula is C22H19ClFN3O2. The maximum atomic E-state index is 13.2. The van der Waals surface area contributed by atoms with E-state index in [0.29, 0.717) is 22.6 Å². The molecule has 3 N–H and O–H groups in total. The molecule has 3 aromatic rings. The Morgan fingerprint density at radius 2 is 1.66 bits per heavy atom. The van der Waals surface area contributed by atoms with Gasteiger partial charge in [-0.15, -0.1) is 0 Å². The van der Waals surface area contributed by atoms with E-state index in [0.717, 1.165) is 5.56 Å². The van der Waals surface area contributed by atoms with Gasteiger partial charge in [0, 0.05) is 22.6 Å². The molecule has 29 heavy (non-hydrogen) atoms. The number of anilines is 3. The van der Waals surface area contributed by atoms with Gasteiger partial charge in [0.15, 0.2) is 0 Å². The van der Waals surface area contributed by atoms with Gasteiger partial charge in [-0.3, -0.25) is 9.59 Å². The number of carbonyl (C=O) groups excluding carboxylic acids is 2. The molecule has 3 rings (SSSR count). The minimum atomic E-state index is -0.548. The normalized spacial score (nSPS) is 10.3. The Balaban J connectivity index is 1.62. The Hall–Kier alpha value is -3.38. The zero-order valence-corrected chi connectivity index (χ0v) is 16.4. The monoisotopic (exact) mass is 411 g/mol. The predicted molar refractivity (Wildman–Crippen MR) is 114 cm³/mol. The van der Waals surface area contributed by atoms with Crippen molar-refractivity contribution in [2.75, 3.05) is 22.5 Å². The van der Waals surface area contributed by atoms with Crippen LogP contribution >= 0.6 is 11.6 Å². The van der Waals surface area contributed by atoms with E-state index in [2.05, 4.69) is 16.0 Å². The van der Waals surface area contributed by atoms with E-state index in [1.54, 1.807) is 36.4 Å². The first-order valence-electron chi connectivity index (χ1n) is 8.89. The maximum Gasteiger partial charge on any atom is 0.255 e. The Labute approximate surface area is 172 Å². The molecule has 0 fully saturated rings. The number of benzene rings is 3. The Kier molecular flexibility index (Phi) is 6.46. The first-order chi connectivity index (χ1) is 13.9. The molecule has 3 aromatic carbocycles. The van der Waals surface area contributed by atoms with Gasteiger partial charge in [-0.05, 0) is 55.0 Å². The van der Waals surface area contributed by atoms with Crippen LogP contribution in [-0.4, -0.2) is 18.4 Å². The summed E-state index contributed by atoms with van der Waals surface area (Å²) in [6, 6.07) is 18.3. The van der Waals surface area contributed by atoms with Crippen LogP contribution in [0.25, 0.3) is 0 Å². The van der Waals surface area contributed by atoms with Crippen molar-refractivity contribution in [3.05, 3.63) is 88.7 Å². The molecule has 2 amide bonds. The number of hydrogen-bond acceptors (Lipinski definition) is 3. The highest BCUT2D eigenvalue weighted by Gasteiger charge is 2.11. The van der Waals surface area contributed by atoms with Gasteiger partial charge in [-0.2, -0.15) is 0 Å². The minimum Gasteiger partial charge on any atom is -0.376 e. The molecule has 0 radical (unpaired) electrons. The molecule has 0 atom stereocenters. The Morgan fingerprint density at radius 3 is 2.38 bits per heavy atom. The zero-order chi connectivity index (χ0) is 20.8. The van der Waals surface area contributed by atoms with Crippen LogP contribution in [0.15, 0.2) is 66.7 Å². The van der Waals surface area contributed by atoms with Crippen LogP contribution in [0.5, 0.6) is 0 Å². The van der Waals surface area contributed by atoms with E-state index < -0.39 is 5.82 Å². The van der Waals surface area contributed by atoms with Crippen LogP contribution in [0.1, 0.15) is 15.9 Å². The number of amides is 2. The van der Waals surface area contributed by atoms with Crippen molar-refractivity contribution in [2.45, 2.75) is 6.92 Å². The molecule has 0 aromatic heterocycles. The van der Waals surface area contributed by atoms with E-state index in [-0.39, 0.29) is 23.4 Å². The van der Waals surface area contributed by atoms with Crippen molar-refractivity contribution in [1.82, 2.24) is 0 Å². The summed E-state index contributed by atoms with van der Waals surface area (Å²) in [7, 11) is 0. The number of carbonyl (C=O) groups is 2. The zero-order valence-electron chi connectivity index (χ0n) is 15.6. The fourth-order valence-corrected chi connectivity index (χ4v) is 2.88. The number of rotatable bonds is 6. The average Bonchev–Trinajstić information content (AvgIpc) is 2.72. The minimum absolute atomic E-state index is 0.00802. The summed E-state index contributed by atoms with van der Waals surface area (Å²) < 4.78 is 13.2. The topological polar surface area (TPSA) is 70.2 Å². The summed E-state index contributed by atoms with van der Waals surface area (Å²) in [6.07, 6.45) is 0. The van der Waals surface area contributed by atoms with Gasteiger partial charge in [-0.1, -0.05) is 35.9 Å². The third kappa shape index (κ3) is 5.33. The third-order valence-electron chi connectivity index (χ3n) is 4.26. The second-order valence-electron chi connectivity index (χ2n) is 6.33. The number of hydrogen-bond donors (Lipinski definition) is 3. The SMILES string of the molecule is Cc1c(NCC(=O)Nc2ccc(F)c(Cl)c2)cccc1NC(=O)c1ccccc1. The highest BCUT2D eigenvalue weighted by molar-refractivity contribution is 6.31. The van der Waals surface area contributed by atoms with E-state index >= 15 is 0 Å². The molecular weight excluding hydrogens is 393 g/mol. The second-order valence-corrected chi connectivity index (χ2v) is 6.74. The molecule has 0 aliphatic rings. The van der Waals surface area contributed by atoms with Crippen LogP contribution in [-0.2, 0) is 4.79 Å². The van der Waals surface area contributed by atoms with E-state index in [9.17, 15) is 14.0 Å². The van der Waals surface area contributed by atoms with E-state index in [1.165, 1.54) is 18.2 Å². The molecule has 0 saturated heterocycles. The highest BCUT2D eigenvalue weighted by Crippen LogP contribution is 2.24. The quantitative estimate of drug-likeness (QED) is 0.529. The molecule has 0 saturated carbocycles. The molecule has 0 unspecified atom stereocenters. The first kappa shape index (κ1) is 20.4. The van der Waals surface area contributed by atoms with Gasteiger partial charge in [0.05, 0.1) is 11.6 Å². The van der Waals surface area contributed by atoms with E-state index in [4.69, 9.17) is 11.6 Å². The fraction of sp³-hybridized carbons (Fsp3) is 0.0909. The largest absolute Gasteiger partial charge is 0.376 e. The lowest BCUT2D eigenvalue weighted by atomic mass is 10.1. The van der Waals surface area contributed by atoms with Gasteiger partial charge in [0.1, 0.15) is 5.82 Å². The van der Waals surface area contributed by atoms with Gasteiger partial charge < -0.3 is 16.0 Å². The first-order valence-corrected chi connectivity index (χ1v) is 9.26. The van der Waals surface area contributed by atoms with Gasteiger partial charge >= 0.3 is 0 Å². The summed E-state index contributed by atoms with van der Waals surface area (Å²) in [5, 5.41) is 8.50. The predicted octanol–water partition coefficient (Wildman–Crippen LogP) is 5.09. The smallest absolute Gasteiger partial charge is 0.255 e. The van der Waals surface area contributed by atoms with Gasteiger partial charge in [0.25, 0.3) is 5.91 Å². The molecule has 7 heteroatoms. The van der Waals surface area contributed by atoms with Crippen LogP contribution in [0, 0.1) is 12.7 Å². The Morgan fingerprint density at radius 1 is 0.931 bits per heavy atom. The summed E-state index contributed by atoms with van der Waals surface area (Å²) in [5.41, 5.74) is 3.12. The van der Waals surface area contributed by atoms with Crippen LogP contribution in [0.2, 0.25) is 5.02 Å². The van der Waals surface area contributed by atoms with Crippen molar-refractivity contribution < 1.29 is 14.0 Å². The number of halogens is 2. The van der Waals surface area contributed by atoms with Crippen molar-refractivity contribution >= 4 is 40.5 Å². The summed E-state index contributed by atoms with van der Waals surface area (Å²) >= 11 is 5.72. The van der Waals surface area contributed by atoms with Crippen molar-refractivity contribution in [3.8, 4) is 0 Å². The molecule has 0 spiro atoms. The molecule has 5 nitrogen and oxygen atoms in total. The second kappa shape index (κ2) is 9.21. The molecule has 0 heterocycles. The maximum absolute atomic E-state index is 13.2. The molecule has 0 aliphatic carbocycles. The van der Waals surface area contributed by atoms with Crippen LogP contribution in [0.3, 0.4) is 0 Å². The lowest BCUT2D eigenvalue weighted by Crippen LogP contribution is -2.22. The van der Waals surface area contributed by atoms with Crippen molar-refractivity contribution in [2.24, 2.45) is 0 Å². The summed E-state index contributed by atoms with van der Waals surface area (Å²) in [4.78, 5) is 24.5. The number of nitrogens with one attached hydrogen (secondary N) is 3. The summed E-state index contributed by atoms with van der Waals surface area (Å²) in [6.45, 7) is 1.84. The fourth-order valence-electron chi connectivity index (χ4n) is 2.70. The van der Waals surface area contributed by atoms with Gasteiger partial charge in [0.2, 0.25) is 5.91 Å². The molecule has 0 bridgehead atoms. The van der Waals surface area contributed by atoms with E-state index in [1.807, 2.05) is 19.1 Å². The van der Waals surface area contributed by atoms with Crippen LogP contribution in [0.4, 0.5) is 21.5 Å². The lowest BCUT2D eigenvalue weighted by molar-refractivity contribution is -0.114. The standard InChI is InChI=1S/C22H19ClFN3O2/c1-14-19(25-13-21(28)26-16-10-11-18(24)17(23)12-16)8-5-9-20(14)27-22(29)15-6-3-2-4-7-15/h2-12,25H,13H2,1H3,(H,26,28)(H,27,29). The van der Waals surface area contributed by atoms with Gasteiger partial charge in [-0.25, -0.2) is 4.39 Å². The molecule has 148 valence electrons. The van der Waals surface area contributed by atoms with Crippen molar-refractivity contribution in [1.29, 1.82) is 0 Å². The Bertz CT molecular complexity index is 1040. The highest BCUT2D eigenvalue weighted by atomic mass is 35.5. The lowest BCUT2D eigenvalue weighted by Gasteiger charge is -2.14. The third-order valence-corrected chi connectivity index (χ3v) is 4.55.